The monoisotopic (exact) mass is 336 g/mol. The Morgan fingerprint density at radius 2 is 1.91 bits per heavy atom. The molecule has 23 heavy (non-hydrogen) atoms. The lowest BCUT2D eigenvalue weighted by Gasteiger charge is -2.38. The lowest BCUT2D eigenvalue weighted by Crippen LogP contribution is -2.51. The summed E-state index contributed by atoms with van der Waals surface area (Å²) in [6, 6.07) is 9.68. The van der Waals surface area contributed by atoms with Gasteiger partial charge in [0, 0.05) is 25.2 Å². The van der Waals surface area contributed by atoms with E-state index in [4.69, 9.17) is 4.74 Å². The first-order valence-corrected chi connectivity index (χ1v) is 8.44. The number of carbonyl (C=O) groups excluding carboxylic acids is 1. The van der Waals surface area contributed by atoms with Crippen molar-refractivity contribution in [2.24, 2.45) is 5.92 Å². The van der Waals surface area contributed by atoms with E-state index < -0.39 is 0 Å². The standard InChI is InChI=1S/C18H24N2O2.ClH/c1-20(16-9-14-6-7-15(10-16)19-14)18(21)13-8-12-4-2-3-5-17(12)22-11-13;/h2-5,13-16,19H,6-11H2,1H3;1H. The number of amides is 1. The fourth-order valence-corrected chi connectivity index (χ4v) is 4.30. The van der Waals surface area contributed by atoms with Crippen LogP contribution in [0.5, 0.6) is 5.75 Å². The predicted molar refractivity (Wildman–Crippen MR) is 92.1 cm³/mol. The molecule has 1 aromatic rings. The number of halogens is 1. The van der Waals surface area contributed by atoms with Crippen LogP contribution in [-0.2, 0) is 11.2 Å². The molecule has 2 fully saturated rings. The van der Waals surface area contributed by atoms with E-state index in [1.165, 1.54) is 12.8 Å². The number of nitrogens with one attached hydrogen (secondary N) is 1. The topological polar surface area (TPSA) is 41.6 Å². The maximum Gasteiger partial charge on any atom is 0.229 e. The van der Waals surface area contributed by atoms with Crippen LogP contribution in [0.2, 0.25) is 0 Å². The highest BCUT2D eigenvalue weighted by Gasteiger charge is 2.38. The van der Waals surface area contributed by atoms with E-state index in [2.05, 4.69) is 11.4 Å². The van der Waals surface area contributed by atoms with Crippen LogP contribution < -0.4 is 10.1 Å². The average molecular weight is 337 g/mol. The molecule has 3 atom stereocenters. The third-order valence-corrected chi connectivity index (χ3v) is 5.57. The first kappa shape index (κ1) is 16.6. The summed E-state index contributed by atoms with van der Waals surface area (Å²) in [5.74, 6) is 1.15. The Kier molecular flexibility index (Phi) is 4.83. The summed E-state index contributed by atoms with van der Waals surface area (Å²) >= 11 is 0. The highest BCUT2D eigenvalue weighted by atomic mass is 35.5. The third kappa shape index (κ3) is 3.20. The van der Waals surface area contributed by atoms with Gasteiger partial charge >= 0.3 is 0 Å². The molecule has 1 amide bonds. The van der Waals surface area contributed by atoms with Gasteiger partial charge in [0.05, 0.1) is 5.92 Å². The number of ether oxygens (including phenoxy) is 1. The lowest BCUT2D eigenvalue weighted by molar-refractivity contribution is -0.138. The van der Waals surface area contributed by atoms with Gasteiger partial charge in [0.25, 0.3) is 0 Å². The second-order valence-corrected chi connectivity index (χ2v) is 7.03. The van der Waals surface area contributed by atoms with E-state index in [1.807, 2.05) is 30.1 Å². The largest absolute Gasteiger partial charge is 0.492 e. The zero-order valence-corrected chi connectivity index (χ0v) is 14.3. The van der Waals surface area contributed by atoms with Crippen LogP contribution in [-0.4, -0.2) is 42.6 Å². The van der Waals surface area contributed by atoms with Gasteiger partial charge in [0.1, 0.15) is 12.4 Å². The number of piperidine rings is 1. The van der Waals surface area contributed by atoms with Crippen LogP contribution in [0.1, 0.15) is 31.2 Å². The van der Waals surface area contributed by atoms with Crippen molar-refractivity contribution in [2.45, 2.75) is 50.2 Å². The fourth-order valence-electron chi connectivity index (χ4n) is 4.30. The zero-order valence-electron chi connectivity index (χ0n) is 13.5. The van der Waals surface area contributed by atoms with E-state index >= 15 is 0 Å². The van der Waals surface area contributed by atoms with Gasteiger partial charge in [-0.15, -0.1) is 12.4 Å². The molecular weight excluding hydrogens is 312 g/mol. The first-order chi connectivity index (χ1) is 10.7. The molecule has 2 bridgehead atoms. The summed E-state index contributed by atoms with van der Waals surface area (Å²) in [6.07, 6.45) is 5.54. The van der Waals surface area contributed by atoms with Crippen LogP contribution >= 0.6 is 12.4 Å². The lowest BCUT2D eigenvalue weighted by atomic mass is 9.93. The van der Waals surface area contributed by atoms with Crippen LogP contribution in [0.25, 0.3) is 0 Å². The van der Waals surface area contributed by atoms with Gasteiger partial charge in [-0.2, -0.15) is 0 Å². The molecule has 126 valence electrons. The highest BCUT2D eigenvalue weighted by Crippen LogP contribution is 2.32. The van der Waals surface area contributed by atoms with Gasteiger partial charge in [-0.3, -0.25) is 4.79 Å². The van der Waals surface area contributed by atoms with Crippen molar-refractivity contribution in [3.05, 3.63) is 29.8 Å². The maximum atomic E-state index is 12.9. The van der Waals surface area contributed by atoms with Crippen molar-refractivity contribution < 1.29 is 9.53 Å². The smallest absolute Gasteiger partial charge is 0.229 e. The summed E-state index contributed by atoms with van der Waals surface area (Å²) in [5, 5.41) is 3.64. The first-order valence-electron chi connectivity index (χ1n) is 8.44. The number of benzene rings is 1. The van der Waals surface area contributed by atoms with Gasteiger partial charge < -0.3 is 15.0 Å². The van der Waals surface area contributed by atoms with Crippen LogP contribution in [0.4, 0.5) is 0 Å². The molecule has 0 radical (unpaired) electrons. The second-order valence-electron chi connectivity index (χ2n) is 7.03. The maximum absolute atomic E-state index is 12.9. The van der Waals surface area contributed by atoms with Crippen LogP contribution in [0.3, 0.4) is 0 Å². The molecule has 1 aromatic carbocycles. The Hall–Kier alpha value is -1.26. The molecule has 5 heteroatoms. The molecule has 3 unspecified atom stereocenters. The van der Waals surface area contributed by atoms with Gasteiger partial charge in [0.2, 0.25) is 5.91 Å². The average Bonchev–Trinajstić information content (AvgIpc) is 2.91. The molecule has 4 rings (SSSR count). The summed E-state index contributed by atoms with van der Waals surface area (Å²) in [4.78, 5) is 14.9. The number of hydrogen-bond acceptors (Lipinski definition) is 3. The molecule has 0 aliphatic carbocycles. The molecule has 4 nitrogen and oxygen atoms in total. The van der Waals surface area contributed by atoms with Gasteiger partial charge in [0.15, 0.2) is 0 Å². The highest BCUT2D eigenvalue weighted by molar-refractivity contribution is 5.85. The Balaban J connectivity index is 0.00000156. The van der Waals surface area contributed by atoms with Crippen LogP contribution in [0, 0.1) is 5.92 Å². The number of fused-ring (bicyclic) bond motifs is 3. The quantitative estimate of drug-likeness (QED) is 0.901. The van der Waals surface area contributed by atoms with Crippen molar-refractivity contribution in [1.29, 1.82) is 0 Å². The van der Waals surface area contributed by atoms with E-state index in [-0.39, 0.29) is 24.2 Å². The van der Waals surface area contributed by atoms with E-state index in [0.29, 0.717) is 24.7 Å². The summed E-state index contributed by atoms with van der Waals surface area (Å²) in [5.41, 5.74) is 1.16. The number of para-hydroxylation sites is 1. The Bertz CT molecular complexity index is 568. The Labute approximate surface area is 144 Å². The molecule has 3 heterocycles. The van der Waals surface area contributed by atoms with Crippen molar-refractivity contribution in [3.8, 4) is 5.75 Å². The molecule has 3 aliphatic rings. The number of rotatable bonds is 2. The minimum absolute atomic E-state index is 0. The Morgan fingerprint density at radius 3 is 2.65 bits per heavy atom. The van der Waals surface area contributed by atoms with Crippen molar-refractivity contribution in [3.63, 3.8) is 0 Å². The van der Waals surface area contributed by atoms with Crippen molar-refractivity contribution in [1.82, 2.24) is 10.2 Å². The molecule has 0 spiro atoms. The minimum Gasteiger partial charge on any atom is -0.492 e. The van der Waals surface area contributed by atoms with Gasteiger partial charge in [-0.1, -0.05) is 18.2 Å². The number of carbonyl (C=O) groups is 1. The summed E-state index contributed by atoms with van der Waals surface area (Å²) < 4.78 is 5.79. The number of hydrogen-bond donors (Lipinski definition) is 1. The van der Waals surface area contributed by atoms with Gasteiger partial charge in [-0.05, 0) is 43.7 Å². The molecule has 1 N–H and O–H groups in total. The van der Waals surface area contributed by atoms with Gasteiger partial charge in [-0.25, -0.2) is 0 Å². The SMILES string of the molecule is CN(C(=O)C1COc2ccccc2C1)C1CC2CCC(C1)N2.Cl. The van der Waals surface area contributed by atoms with Crippen LogP contribution in [0.15, 0.2) is 24.3 Å². The van der Waals surface area contributed by atoms with E-state index in [0.717, 1.165) is 30.6 Å². The molecular formula is C18H25ClN2O2. The molecule has 2 saturated heterocycles. The molecule has 0 aromatic heterocycles. The normalized spacial score (nSPS) is 31.5. The predicted octanol–water partition coefficient (Wildman–Crippen LogP) is 2.40. The van der Waals surface area contributed by atoms with E-state index in [1.54, 1.807) is 0 Å². The summed E-state index contributed by atoms with van der Waals surface area (Å²) in [6.45, 7) is 0.512. The second kappa shape index (κ2) is 6.70. The van der Waals surface area contributed by atoms with E-state index in [9.17, 15) is 4.79 Å². The molecule has 3 aliphatic heterocycles. The summed E-state index contributed by atoms with van der Waals surface area (Å²) in [7, 11) is 1.98. The molecule has 0 saturated carbocycles. The minimum atomic E-state index is -0.0348. The number of nitrogens with zero attached hydrogens (tertiary/aromatic N) is 1. The fraction of sp³-hybridized carbons (Fsp3) is 0.611. The van der Waals surface area contributed by atoms with Crippen molar-refractivity contribution >= 4 is 18.3 Å². The van der Waals surface area contributed by atoms with Crippen molar-refractivity contribution in [2.75, 3.05) is 13.7 Å². The third-order valence-electron chi connectivity index (χ3n) is 5.57. The zero-order chi connectivity index (χ0) is 15.1. The Morgan fingerprint density at radius 1 is 1.22 bits per heavy atom.